The summed E-state index contributed by atoms with van der Waals surface area (Å²) < 4.78 is 0. The normalized spacial score (nSPS) is 23.2. The van der Waals surface area contributed by atoms with E-state index < -0.39 is 11.9 Å². The Hall–Kier alpha value is -1.31. The zero-order valence-corrected chi connectivity index (χ0v) is 6.37. The third-order valence-corrected chi connectivity index (χ3v) is 1.80. The smallest absolute Gasteiger partial charge is 0.314 e. The second kappa shape index (κ2) is 2.74. The molecule has 0 saturated heterocycles. The van der Waals surface area contributed by atoms with Gasteiger partial charge in [-0.3, -0.25) is 4.79 Å². The Kier molecular flexibility index (Phi) is 1.94. The topological polar surface area (TPSA) is 37.3 Å². The van der Waals surface area contributed by atoms with Crippen molar-refractivity contribution in [3.63, 3.8) is 0 Å². The van der Waals surface area contributed by atoms with Crippen LogP contribution < -0.4 is 0 Å². The molecule has 0 radical (unpaired) electrons. The molecule has 1 unspecified atom stereocenters. The first-order valence-electron chi connectivity index (χ1n) is 3.40. The molecule has 1 aliphatic rings. The molecule has 0 aliphatic heterocycles. The van der Waals surface area contributed by atoms with E-state index in [1.165, 1.54) is 0 Å². The first-order chi connectivity index (χ1) is 5.13. The Morgan fingerprint density at radius 2 is 2.36 bits per heavy atom. The van der Waals surface area contributed by atoms with Gasteiger partial charge < -0.3 is 5.11 Å². The highest BCUT2D eigenvalue weighted by atomic mass is 16.4. The fourth-order valence-corrected chi connectivity index (χ4v) is 1.01. The standard InChI is InChI=1S/C9H10O2/c1-6-4-3-5-8(7(6)2)9(10)11/h3-5,8H,2H2,1H3,(H,10,11). The van der Waals surface area contributed by atoms with Gasteiger partial charge in [0, 0.05) is 0 Å². The summed E-state index contributed by atoms with van der Waals surface area (Å²) in [4.78, 5) is 10.6. The van der Waals surface area contributed by atoms with Gasteiger partial charge in [-0.25, -0.2) is 0 Å². The Balaban J connectivity index is 2.90. The number of rotatable bonds is 1. The Morgan fingerprint density at radius 1 is 1.73 bits per heavy atom. The molecule has 0 fully saturated rings. The highest BCUT2D eigenvalue weighted by Gasteiger charge is 2.19. The van der Waals surface area contributed by atoms with E-state index in [-0.39, 0.29) is 0 Å². The molecule has 1 rings (SSSR count). The molecule has 0 heterocycles. The summed E-state index contributed by atoms with van der Waals surface area (Å²) >= 11 is 0. The second-order valence-electron chi connectivity index (χ2n) is 2.58. The number of carboxylic acid groups (broad SMARTS) is 1. The van der Waals surface area contributed by atoms with Crippen LogP contribution in [0.2, 0.25) is 0 Å². The first kappa shape index (κ1) is 7.79. The molecule has 2 nitrogen and oxygen atoms in total. The van der Waals surface area contributed by atoms with Crippen molar-refractivity contribution in [1.82, 2.24) is 0 Å². The van der Waals surface area contributed by atoms with Crippen molar-refractivity contribution in [3.8, 4) is 0 Å². The lowest BCUT2D eigenvalue weighted by Gasteiger charge is -2.14. The highest BCUT2D eigenvalue weighted by Crippen LogP contribution is 2.23. The van der Waals surface area contributed by atoms with Crippen molar-refractivity contribution in [2.75, 3.05) is 0 Å². The van der Waals surface area contributed by atoms with Crippen molar-refractivity contribution in [2.45, 2.75) is 6.92 Å². The predicted octanol–water partition coefficient (Wildman–Crippen LogP) is 1.76. The summed E-state index contributed by atoms with van der Waals surface area (Å²) in [7, 11) is 0. The fraction of sp³-hybridized carbons (Fsp3) is 0.222. The van der Waals surface area contributed by atoms with Gasteiger partial charge in [-0.1, -0.05) is 24.8 Å². The minimum atomic E-state index is -0.835. The molecule has 0 aromatic heterocycles. The van der Waals surface area contributed by atoms with Crippen molar-refractivity contribution in [2.24, 2.45) is 5.92 Å². The van der Waals surface area contributed by atoms with Crippen LogP contribution in [-0.4, -0.2) is 11.1 Å². The van der Waals surface area contributed by atoms with Crippen LogP contribution in [0.5, 0.6) is 0 Å². The molecule has 0 amide bonds. The van der Waals surface area contributed by atoms with Gasteiger partial charge in [0.05, 0.1) is 5.92 Å². The molecular weight excluding hydrogens is 140 g/mol. The number of carbonyl (C=O) groups is 1. The number of aliphatic carboxylic acids is 1. The average molecular weight is 150 g/mol. The minimum absolute atomic E-state index is 0.528. The molecule has 0 aromatic rings. The van der Waals surface area contributed by atoms with Gasteiger partial charge in [-0.15, -0.1) is 0 Å². The fourth-order valence-electron chi connectivity index (χ4n) is 1.01. The molecule has 0 saturated carbocycles. The minimum Gasteiger partial charge on any atom is -0.481 e. The summed E-state index contributed by atoms with van der Waals surface area (Å²) in [5, 5.41) is 8.69. The third-order valence-electron chi connectivity index (χ3n) is 1.80. The first-order valence-corrected chi connectivity index (χ1v) is 3.40. The molecule has 2 heteroatoms. The third kappa shape index (κ3) is 1.40. The van der Waals surface area contributed by atoms with Crippen molar-refractivity contribution < 1.29 is 9.90 Å². The van der Waals surface area contributed by atoms with E-state index in [9.17, 15) is 4.79 Å². The van der Waals surface area contributed by atoms with Gasteiger partial charge in [-0.2, -0.15) is 0 Å². The molecule has 0 spiro atoms. The van der Waals surface area contributed by atoms with Crippen LogP contribution in [0, 0.1) is 5.92 Å². The zero-order chi connectivity index (χ0) is 8.43. The van der Waals surface area contributed by atoms with Crippen LogP contribution in [0.25, 0.3) is 0 Å². The van der Waals surface area contributed by atoms with Crippen LogP contribution in [0.15, 0.2) is 36.0 Å². The zero-order valence-electron chi connectivity index (χ0n) is 6.37. The second-order valence-corrected chi connectivity index (χ2v) is 2.58. The quantitative estimate of drug-likeness (QED) is 0.618. The number of allylic oxidation sites excluding steroid dienone is 3. The maximum Gasteiger partial charge on any atom is 0.314 e. The molecule has 1 aliphatic carbocycles. The summed E-state index contributed by atoms with van der Waals surface area (Å²) in [6.45, 7) is 5.56. The SMILES string of the molecule is C=C1C(C)=CC=CC1C(=O)O. The van der Waals surface area contributed by atoms with E-state index in [2.05, 4.69) is 6.58 Å². The Bertz CT molecular complexity index is 259. The van der Waals surface area contributed by atoms with Crippen LogP contribution >= 0.6 is 0 Å². The lowest BCUT2D eigenvalue weighted by Crippen LogP contribution is -2.15. The molecule has 11 heavy (non-hydrogen) atoms. The van der Waals surface area contributed by atoms with Crippen molar-refractivity contribution >= 4 is 5.97 Å². The molecule has 58 valence electrons. The van der Waals surface area contributed by atoms with Crippen LogP contribution in [0.3, 0.4) is 0 Å². The van der Waals surface area contributed by atoms with E-state index in [1.807, 2.05) is 13.0 Å². The van der Waals surface area contributed by atoms with Crippen LogP contribution in [0.1, 0.15) is 6.92 Å². The molecule has 0 bridgehead atoms. The number of hydrogen-bond acceptors (Lipinski definition) is 1. The van der Waals surface area contributed by atoms with Crippen molar-refractivity contribution in [3.05, 3.63) is 36.0 Å². The summed E-state index contributed by atoms with van der Waals surface area (Å²) in [6, 6.07) is 0. The Labute approximate surface area is 65.5 Å². The van der Waals surface area contributed by atoms with E-state index in [1.54, 1.807) is 12.2 Å². The number of hydrogen-bond donors (Lipinski definition) is 1. The number of carboxylic acids is 1. The summed E-state index contributed by atoms with van der Waals surface area (Å²) in [5.41, 5.74) is 1.62. The predicted molar refractivity (Wildman–Crippen MR) is 43.2 cm³/mol. The van der Waals surface area contributed by atoms with Crippen molar-refractivity contribution in [1.29, 1.82) is 0 Å². The van der Waals surface area contributed by atoms with Gasteiger partial charge in [0.1, 0.15) is 0 Å². The van der Waals surface area contributed by atoms with Gasteiger partial charge >= 0.3 is 5.97 Å². The lowest BCUT2D eigenvalue weighted by atomic mass is 9.90. The lowest BCUT2D eigenvalue weighted by molar-refractivity contribution is -0.138. The maximum atomic E-state index is 10.6. The van der Waals surface area contributed by atoms with E-state index >= 15 is 0 Å². The average Bonchev–Trinajstić information content (AvgIpc) is 1.94. The molecule has 0 aromatic carbocycles. The van der Waals surface area contributed by atoms with Crippen LogP contribution in [0.4, 0.5) is 0 Å². The van der Waals surface area contributed by atoms with E-state index in [4.69, 9.17) is 5.11 Å². The van der Waals surface area contributed by atoms with E-state index in [0.29, 0.717) is 5.57 Å². The summed E-state index contributed by atoms with van der Waals surface area (Å²) in [5.74, 6) is -1.36. The van der Waals surface area contributed by atoms with Gasteiger partial charge in [0.25, 0.3) is 0 Å². The van der Waals surface area contributed by atoms with Gasteiger partial charge in [0.15, 0.2) is 0 Å². The molecular formula is C9H10O2. The Morgan fingerprint density at radius 3 is 2.82 bits per heavy atom. The highest BCUT2D eigenvalue weighted by molar-refractivity contribution is 5.78. The van der Waals surface area contributed by atoms with E-state index in [0.717, 1.165) is 5.57 Å². The largest absolute Gasteiger partial charge is 0.481 e. The van der Waals surface area contributed by atoms with Crippen LogP contribution in [-0.2, 0) is 4.79 Å². The molecule has 1 atom stereocenters. The van der Waals surface area contributed by atoms with Gasteiger partial charge in [0.2, 0.25) is 0 Å². The summed E-state index contributed by atoms with van der Waals surface area (Å²) in [6.07, 6.45) is 5.25. The van der Waals surface area contributed by atoms with Gasteiger partial charge in [-0.05, 0) is 18.1 Å². The maximum absolute atomic E-state index is 10.6. The molecule has 1 N–H and O–H groups in total. The monoisotopic (exact) mass is 150 g/mol.